The zero-order chi connectivity index (χ0) is 20.4. The minimum atomic E-state index is -0.550. The Morgan fingerprint density at radius 2 is 2.07 bits per heavy atom. The van der Waals surface area contributed by atoms with E-state index in [1.54, 1.807) is 12.1 Å². The Labute approximate surface area is 175 Å². The van der Waals surface area contributed by atoms with Crippen molar-refractivity contribution in [3.05, 3.63) is 29.3 Å². The molecule has 29 heavy (non-hydrogen) atoms. The molecule has 4 rings (SSSR count). The summed E-state index contributed by atoms with van der Waals surface area (Å²) in [5.74, 6) is 1.33. The molecule has 2 amide bonds. The van der Waals surface area contributed by atoms with Crippen LogP contribution < -0.4 is 10.2 Å². The number of aliphatic hydroxyl groups is 1. The third-order valence-electron chi connectivity index (χ3n) is 6.13. The largest absolute Gasteiger partial charge is 0.488 e. The second kappa shape index (κ2) is 8.71. The molecule has 1 aliphatic carbocycles. The van der Waals surface area contributed by atoms with Gasteiger partial charge in [-0.05, 0) is 55.7 Å². The van der Waals surface area contributed by atoms with Gasteiger partial charge in [-0.2, -0.15) is 5.10 Å². The highest BCUT2D eigenvalue weighted by Crippen LogP contribution is 2.38. The molecule has 1 saturated carbocycles. The first kappa shape index (κ1) is 20.2. The van der Waals surface area contributed by atoms with Gasteiger partial charge in [-0.1, -0.05) is 17.7 Å². The van der Waals surface area contributed by atoms with E-state index in [2.05, 4.69) is 10.5 Å². The van der Waals surface area contributed by atoms with E-state index in [0.717, 1.165) is 12.1 Å². The van der Waals surface area contributed by atoms with Crippen molar-refractivity contribution in [1.29, 1.82) is 0 Å². The van der Waals surface area contributed by atoms with Gasteiger partial charge in [0, 0.05) is 36.7 Å². The molecule has 4 atom stereocenters. The molecule has 0 aromatic heterocycles. The molecule has 0 unspecified atom stereocenters. The summed E-state index contributed by atoms with van der Waals surface area (Å²) >= 11 is 6.02. The average molecular weight is 420 g/mol. The van der Waals surface area contributed by atoms with Crippen LogP contribution in [0.2, 0.25) is 5.02 Å². The van der Waals surface area contributed by atoms with Crippen molar-refractivity contribution < 1.29 is 19.4 Å². The summed E-state index contributed by atoms with van der Waals surface area (Å²) in [4.78, 5) is 25.7. The fraction of sp³-hybridized carbons (Fsp3) is 0.571. The smallest absolute Gasteiger partial charge is 0.240 e. The third kappa shape index (κ3) is 4.90. The molecule has 2 N–H and O–H groups in total. The lowest BCUT2D eigenvalue weighted by Crippen LogP contribution is -2.42. The predicted molar refractivity (Wildman–Crippen MR) is 109 cm³/mol. The molecule has 2 fully saturated rings. The third-order valence-corrected chi connectivity index (χ3v) is 6.36. The van der Waals surface area contributed by atoms with Gasteiger partial charge < -0.3 is 14.7 Å². The number of halogens is 1. The van der Waals surface area contributed by atoms with Crippen LogP contribution in [0.25, 0.3) is 0 Å². The molecule has 1 aromatic rings. The summed E-state index contributed by atoms with van der Waals surface area (Å²) in [6.45, 7) is 1.39. The summed E-state index contributed by atoms with van der Waals surface area (Å²) < 4.78 is 6.00. The monoisotopic (exact) mass is 419 g/mol. The summed E-state index contributed by atoms with van der Waals surface area (Å²) in [6.07, 6.45) is 2.56. The SMILES string of the molecule is O=C1CCC(CCC(=O)N2C[C@H]3C[C@@H](Oc4cccc(Cl)c4)[C@H](O)C[C@H]3C2)=NN1. The topological polar surface area (TPSA) is 91.2 Å². The lowest BCUT2D eigenvalue weighted by atomic mass is 9.78. The molecule has 8 heteroatoms. The van der Waals surface area contributed by atoms with Gasteiger partial charge in [-0.3, -0.25) is 9.59 Å². The highest BCUT2D eigenvalue weighted by molar-refractivity contribution is 6.30. The van der Waals surface area contributed by atoms with Crippen molar-refractivity contribution in [3.63, 3.8) is 0 Å². The Hall–Kier alpha value is -2.12. The lowest BCUT2D eigenvalue weighted by molar-refractivity contribution is -0.130. The van der Waals surface area contributed by atoms with Gasteiger partial charge >= 0.3 is 0 Å². The molecule has 0 spiro atoms. The van der Waals surface area contributed by atoms with Crippen LogP contribution in [0.3, 0.4) is 0 Å². The van der Waals surface area contributed by atoms with Crippen LogP contribution in [0.1, 0.15) is 38.5 Å². The summed E-state index contributed by atoms with van der Waals surface area (Å²) in [5, 5.41) is 15.2. The van der Waals surface area contributed by atoms with Crippen molar-refractivity contribution in [3.8, 4) is 5.75 Å². The van der Waals surface area contributed by atoms with Gasteiger partial charge in [0.25, 0.3) is 0 Å². The molecule has 156 valence electrons. The molecule has 0 radical (unpaired) electrons. The maximum Gasteiger partial charge on any atom is 0.240 e. The zero-order valence-electron chi connectivity index (χ0n) is 16.2. The number of rotatable bonds is 5. The fourth-order valence-corrected chi connectivity index (χ4v) is 4.72. The molecular formula is C21H26ClN3O4. The number of benzene rings is 1. The minimum absolute atomic E-state index is 0.0724. The van der Waals surface area contributed by atoms with E-state index < -0.39 is 6.10 Å². The molecule has 1 saturated heterocycles. The van der Waals surface area contributed by atoms with E-state index in [1.165, 1.54) is 0 Å². The standard InChI is InChI=1S/C21H26ClN3O4/c22-15-2-1-3-17(10-15)29-19-9-14-12-25(11-13(14)8-18(19)26)21(28)7-5-16-4-6-20(27)24-23-16/h1-3,10,13-14,18-19,26H,4-9,11-12H2,(H,24,27)/t13-,14+,18+,19+/m0/s1. The molecular weight excluding hydrogens is 394 g/mol. The number of hydrogen-bond acceptors (Lipinski definition) is 5. The molecule has 1 aromatic carbocycles. The number of carbonyl (C=O) groups excluding carboxylic acids is 2. The van der Waals surface area contributed by atoms with E-state index >= 15 is 0 Å². The predicted octanol–water partition coefficient (Wildman–Crippen LogP) is 2.36. The number of hydrazone groups is 1. The summed E-state index contributed by atoms with van der Waals surface area (Å²) in [5.41, 5.74) is 3.35. The van der Waals surface area contributed by atoms with Crippen molar-refractivity contribution in [1.82, 2.24) is 10.3 Å². The van der Waals surface area contributed by atoms with Crippen LogP contribution in [-0.2, 0) is 9.59 Å². The summed E-state index contributed by atoms with van der Waals surface area (Å²) in [6, 6.07) is 7.20. The van der Waals surface area contributed by atoms with Crippen molar-refractivity contribution in [2.45, 2.75) is 50.7 Å². The molecule has 3 aliphatic rings. The van der Waals surface area contributed by atoms with Crippen LogP contribution in [-0.4, -0.2) is 52.8 Å². The summed E-state index contributed by atoms with van der Waals surface area (Å²) in [7, 11) is 0. The van der Waals surface area contributed by atoms with Gasteiger partial charge in [-0.15, -0.1) is 0 Å². The number of nitrogens with one attached hydrogen (secondary N) is 1. The Bertz CT molecular complexity index is 815. The molecule has 0 bridgehead atoms. The van der Waals surface area contributed by atoms with E-state index in [1.807, 2.05) is 17.0 Å². The van der Waals surface area contributed by atoms with E-state index in [9.17, 15) is 14.7 Å². The van der Waals surface area contributed by atoms with Crippen molar-refractivity contribution in [2.75, 3.05) is 13.1 Å². The van der Waals surface area contributed by atoms with Crippen molar-refractivity contribution >= 4 is 29.1 Å². The maximum absolute atomic E-state index is 12.7. The quantitative estimate of drug-likeness (QED) is 0.766. The molecule has 2 aliphatic heterocycles. The van der Waals surface area contributed by atoms with E-state index in [0.29, 0.717) is 67.8 Å². The number of ether oxygens (including phenoxy) is 1. The number of nitrogens with zero attached hydrogens (tertiary/aromatic N) is 2. The highest BCUT2D eigenvalue weighted by Gasteiger charge is 2.43. The maximum atomic E-state index is 12.7. The molecule has 2 heterocycles. The Morgan fingerprint density at radius 1 is 1.28 bits per heavy atom. The first-order valence-corrected chi connectivity index (χ1v) is 10.6. The van der Waals surface area contributed by atoms with Gasteiger partial charge in [-0.25, -0.2) is 5.43 Å². The first-order chi connectivity index (χ1) is 14.0. The lowest BCUT2D eigenvalue weighted by Gasteiger charge is -2.35. The van der Waals surface area contributed by atoms with Gasteiger partial charge in [0.15, 0.2) is 0 Å². The first-order valence-electron chi connectivity index (χ1n) is 10.2. The molecule has 7 nitrogen and oxygen atoms in total. The van der Waals surface area contributed by atoms with Crippen molar-refractivity contribution in [2.24, 2.45) is 16.9 Å². The highest BCUT2D eigenvalue weighted by atomic mass is 35.5. The Kier molecular flexibility index (Phi) is 6.06. The average Bonchev–Trinajstić information content (AvgIpc) is 3.10. The van der Waals surface area contributed by atoms with Gasteiger partial charge in [0.1, 0.15) is 11.9 Å². The second-order valence-electron chi connectivity index (χ2n) is 8.18. The number of aliphatic hydroxyl groups excluding tert-OH is 1. The fourth-order valence-electron chi connectivity index (χ4n) is 4.54. The van der Waals surface area contributed by atoms with Gasteiger partial charge in [0.05, 0.1) is 6.10 Å². The van der Waals surface area contributed by atoms with Crippen LogP contribution in [0.15, 0.2) is 29.4 Å². The minimum Gasteiger partial charge on any atom is -0.488 e. The van der Waals surface area contributed by atoms with Crippen LogP contribution in [0, 0.1) is 11.8 Å². The zero-order valence-corrected chi connectivity index (χ0v) is 17.0. The number of likely N-dealkylation sites (tertiary alicyclic amines) is 1. The number of fused-ring (bicyclic) bond motifs is 1. The second-order valence-corrected chi connectivity index (χ2v) is 8.62. The van der Waals surface area contributed by atoms with E-state index in [4.69, 9.17) is 16.3 Å². The number of carbonyl (C=O) groups is 2. The Morgan fingerprint density at radius 3 is 2.79 bits per heavy atom. The number of hydrogen-bond donors (Lipinski definition) is 2. The number of amides is 2. The van der Waals surface area contributed by atoms with Crippen LogP contribution in [0.4, 0.5) is 0 Å². The van der Waals surface area contributed by atoms with Crippen LogP contribution >= 0.6 is 11.6 Å². The van der Waals surface area contributed by atoms with Crippen LogP contribution in [0.5, 0.6) is 5.75 Å². The Balaban J connectivity index is 1.30. The van der Waals surface area contributed by atoms with E-state index in [-0.39, 0.29) is 17.9 Å². The van der Waals surface area contributed by atoms with Gasteiger partial charge in [0.2, 0.25) is 11.8 Å². The normalized spacial score (nSPS) is 29.1.